The molecule has 0 fully saturated rings. The SMILES string of the molecule is CCOC(=O)c1csc(-c2c(-c3ccc(F)cc3)nn(COCCOC)c2C)n1. The summed E-state index contributed by atoms with van der Waals surface area (Å²) in [6.45, 7) is 5.08. The number of ether oxygens (including phenoxy) is 3. The van der Waals surface area contributed by atoms with Crippen molar-refractivity contribution in [2.45, 2.75) is 20.6 Å². The summed E-state index contributed by atoms with van der Waals surface area (Å²) in [5, 5.41) is 6.95. The summed E-state index contributed by atoms with van der Waals surface area (Å²) < 4.78 is 30.7. The van der Waals surface area contributed by atoms with Crippen LogP contribution < -0.4 is 0 Å². The van der Waals surface area contributed by atoms with Gasteiger partial charge in [0.1, 0.15) is 23.2 Å². The van der Waals surface area contributed by atoms with Crippen LogP contribution in [-0.4, -0.2) is 47.7 Å². The van der Waals surface area contributed by atoms with Gasteiger partial charge in [-0.1, -0.05) is 0 Å². The van der Waals surface area contributed by atoms with Gasteiger partial charge in [-0.2, -0.15) is 5.10 Å². The lowest BCUT2D eigenvalue weighted by Crippen LogP contribution is -2.09. The number of rotatable bonds is 9. The molecule has 7 nitrogen and oxygen atoms in total. The van der Waals surface area contributed by atoms with Gasteiger partial charge in [-0.15, -0.1) is 11.3 Å². The number of thiazole rings is 1. The molecule has 0 amide bonds. The number of esters is 1. The molecule has 0 aliphatic rings. The molecule has 0 aliphatic heterocycles. The van der Waals surface area contributed by atoms with E-state index in [4.69, 9.17) is 14.2 Å². The fourth-order valence-electron chi connectivity index (χ4n) is 2.72. The van der Waals surface area contributed by atoms with Crippen molar-refractivity contribution in [3.63, 3.8) is 0 Å². The van der Waals surface area contributed by atoms with Gasteiger partial charge in [-0.25, -0.2) is 18.9 Å². The van der Waals surface area contributed by atoms with Gasteiger partial charge in [-0.3, -0.25) is 0 Å². The summed E-state index contributed by atoms with van der Waals surface area (Å²) in [4.78, 5) is 16.4. The van der Waals surface area contributed by atoms with Crippen molar-refractivity contribution in [3.8, 4) is 21.8 Å². The van der Waals surface area contributed by atoms with Gasteiger partial charge in [0, 0.05) is 23.7 Å². The van der Waals surface area contributed by atoms with Gasteiger partial charge < -0.3 is 14.2 Å². The Morgan fingerprint density at radius 1 is 1.24 bits per heavy atom. The fourth-order valence-corrected chi connectivity index (χ4v) is 3.60. The quantitative estimate of drug-likeness (QED) is 0.387. The number of nitrogens with zero attached hydrogens (tertiary/aromatic N) is 3. The molecule has 0 radical (unpaired) electrons. The van der Waals surface area contributed by atoms with E-state index in [0.717, 1.165) is 16.8 Å². The molecule has 2 heterocycles. The van der Waals surface area contributed by atoms with E-state index < -0.39 is 5.97 Å². The Bertz CT molecular complexity index is 969. The summed E-state index contributed by atoms with van der Waals surface area (Å²) in [5.74, 6) is -0.792. The van der Waals surface area contributed by atoms with Crippen LogP contribution in [0.1, 0.15) is 23.1 Å². The first-order valence-electron chi connectivity index (χ1n) is 9.08. The highest BCUT2D eigenvalue weighted by Gasteiger charge is 2.22. The lowest BCUT2D eigenvalue weighted by molar-refractivity contribution is 0.0281. The van der Waals surface area contributed by atoms with Gasteiger partial charge in [0.15, 0.2) is 5.69 Å². The van der Waals surface area contributed by atoms with Gasteiger partial charge in [0.2, 0.25) is 0 Å². The topological polar surface area (TPSA) is 75.5 Å². The van der Waals surface area contributed by atoms with Crippen LogP contribution in [0.25, 0.3) is 21.8 Å². The predicted octanol–water partition coefficient (Wildman–Crippen LogP) is 3.92. The second-order valence-corrected chi connectivity index (χ2v) is 6.96. The van der Waals surface area contributed by atoms with E-state index in [9.17, 15) is 9.18 Å². The average molecular weight is 419 g/mol. The van der Waals surface area contributed by atoms with E-state index in [1.165, 1.54) is 23.5 Å². The molecule has 29 heavy (non-hydrogen) atoms. The number of aromatic nitrogens is 3. The van der Waals surface area contributed by atoms with Crippen LogP contribution in [0.15, 0.2) is 29.6 Å². The van der Waals surface area contributed by atoms with Crippen LogP contribution in [0, 0.1) is 12.7 Å². The number of carbonyl (C=O) groups excluding carboxylic acids is 1. The Morgan fingerprint density at radius 3 is 2.69 bits per heavy atom. The van der Waals surface area contributed by atoms with Gasteiger partial charge in [0.25, 0.3) is 0 Å². The molecule has 0 spiro atoms. The normalized spacial score (nSPS) is 11.0. The largest absolute Gasteiger partial charge is 0.461 e. The smallest absolute Gasteiger partial charge is 0.357 e. The second kappa shape index (κ2) is 9.73. The zero-order valence-electron chi connectivity index (χ0n) is 16.5. The molecule has 3 aromatic rings. The van der Waals surface area contributed by atoms with Crippen LogP contribution in [-0.2, 0) is 20.9 Å². The maximum Gasteiger partial charge on any atom is 0.357 e. The molecular formula is C20H22FN3O4S. The summed E-state index contributed by atoms with van der Waals surface area (Å²) in [7, 11) is 1.61. The third kappa shape index (κ3) is 4.87. The average Bonchev–Trinajstić information content (AvgIpc) is 3.31. The van der Waals surface area contributed by atoms with E-state index in [0.29, 0.717) is 23.9 Å². The summed E-state index contributed by atoms with van der Waals surface area (Å²) in [6.07, 6.45) is 0. The predicted molar refractivity (Wildman–Crippen MR) is 107 cm³/mol. The highest BCUT2D eigenvalue weighted by Crippen LogP contribution is 2.36. The van der Waals surface area contributed by atoms with Crippen molar-refractivity contribution in [1.29, 1.82) is 0 Å². The van der Waals surface area contributed by atoms with E-state index in [1.54, 1.807) is 36.2 Å². The van der Waals surface area contributed by atoms with Gasteiger partial charge >= 0.3 is 5.97 Å². The van der Waals surface area contributed by atoms with Crippen LogP contribution in [0.2, 0.25) is 0 Å². The van der Waals surface area contributed by atoms with Crippen molar-refractivity contribution in [2.75, 3.05) is 26.9 Å². The number of carbonyl (C=O) groups is 1. The molecule has 0 atom stereocenters. The zero-order valence-corrected chi connectivity index (χ0v) is 17.3. The Balaban J connectivity index is 2.00. The molecule has 0 aliphatic carbocycles. The van der Waals surface area contributed by atoms with Crippen molar-refractivity contribution in [3.05, 3.63) is 46.9 Å². The third-order valence-corrected chi connectivity index (χ3v) is 5.03. The Morgan fingerprint density at radius 2 is 2.00 bits per heavy atom. The molecule has 0 saturated carbocycles. The molecule has 9 heteroatoms. The van der Waals surface area contributed by atoms with Crippen molar-refractivity contribution in [2.24, 2.45) is 0 Å². The Labute approximate surface area is 172 Å². The number of hydrogen-bond acceptors (Lipinski definition) is 7. The van der Waals surface area contributed by atoms with Crippen molar-refractivity contribution >= 4 is 17.3 Å². The molecule has 2 aromatic heterocycles. The highest BCUT2D eigenvalue weighted by atomic mass is 32.1. The van der Waals surface area contributed by atoms with E-state index in [2.05, 4.69) is 10.1 Å². The first-order chi connectivity index (χ1) is 14.0. The molecule has 1 aromatic carbocycles. The molecule has 0 unspecified atom stereocenters. The minimum absolute atomic E-state index is 0.236. The monoisotopic (exact) mass is 419 g/mol. The standard InChI is InChI=1S/C20H22FN3O4S/c1-4-28-20(25)16-11-29-19(22-16)17-13(2)24(12-27-10-9-26-3)23-18(17)14-5-7-15(21)8-6-14/h5-8,11H,4,9-10,12H2,1-3H3. The molecule has 154 valence electrons. The number of methoxy groups -OCH3 is 1. The summed E-state index contributed by atoms with van der Waals surface area (Å²) >= 11 is 1.33. The van der Waals surface area contributed by atoms with Gasteiger partial charge in [-0.05, 0) is 38.1 Å². The molecule has 0 saturated heterocycles. The van der Waals surface area contributed by atoms with Crippen molar-refractivity contribution in [1.82, 2.24) is 14.8 Å². The number of benzene rings is 1. The Hall–Kier alpha value is -2.62. The zero-order chi connectivity index (χ0) is 20.8. The van der Waals surface area contributed by atoms with E-state index >= 15 is 0 Å². The maximum absolute atomic E-state index is 13.4. The van der Waals surface area contributed by atoms with E-state index in [-0.39, 0.29) is 24.8 Å². The number of hydrogen-bond donors (Lipinski definition) is 0. The minimum Gasteiger partial charge on any atom is -0.461 e. The maximum atomic E-state index is 13.4. The second-order valence-electron chi connectivity index (χ2n) is 6.10. The molecule has 0 bridgehead atoms. The molecule has 3 rings (SSSR count). The lowest BCUT2D eigenvalue weighted by atomic mass is 10.1. The first kappa shape index (κ1) is 21.1. The molecule has 0 N–H and O–H groups in total. The van der Waals surface area contributed by atoms with Crippen LogP contribution >= 0.6 is 11.3 Å². The van der Waals surface area contributed by atoms with E-state index in [1.807, 2.05) is 6.92 Å². The minimum atomic E-state index is -0.466. The summed E-state index contributed by atoms with van der Waals surface area (Å²) in [5.41, 5.74) is 3.23. The van der Waals surface area contributed by atoms with Crippen LogP contribution in [0.3, 0.4) is 0 Å². The van der Waals surface area contributed by atoms with Gasteiger partial charge in [0.05, 0.1) is 25.4 Å². The third-order valence-electron chi connectivity index (χ3n) is 4.17. The fraction of sp³-hybridized carbons (Fsp3) is 0.350. The van der Waals surface area contributed by atoms with Crippen molar-refractivity contribution < 1.29 is 23.4 Å². The lowest BCUT2D eigenvalue weighted by Gasteiger charge is -2.05. The summed E-state index contributed by atoms with van der Waals surface area (Å²) in [6, 6.07) is 6.09. The first-order valence-corrected chi connectivity index (χ1v) is 9.96. The molecular weight excluding hydrogens is 397 g/mol. The highest BCUT2D eigenvalue weighted by molar-refractivity contribution is 7.13. The Kier molecular flexibility index (Phi) is 7.08. The van der Waals surface area contributed by atoms with Crippen LogP contribution in [0.4, 0.5) is 4.39 Å². The number of halogens is 1. The van der Waals surface area contributed by atoms with Crippen LogP contribution in [0.5, 0.6) is 0 Å².